The van der Waals surface area contributed by atoms with Crippen LogP contribution < -0.4 is 0 Å². The standard InChI is InChI=1S/C10H9NO2/c1-12-10-5-8-7(6-11)3-2-4-9(8)13-10/h2-5,7,10H,1H3. The number of allylic oxidation sites excluding steroid dienone is 4. The lowest BCUT2D eigenvalue weighted by atomic mass is 9.95. The summed E-state index contributed by atoms with van der Waals surface area (Å²) in [4.78, 5) is 0. The quantitative estimate of drug-likeness (QED) is 0.606. The molecule has 3 nitrogen and oxygen atoms in total. The van der Waals surface area contributed by atoms with Crippen molar-refractivity contribution in [3.63, 3.8) is 0 Å². The Morgan fingerprint density at radius 3 is 3.15 bits per heavy atom. The van der Waals surface area contributed by atoms with Crippen LogP contribution in [-0.4, -0.2) is 13.4 Å². The van der Waals surface area contributed by atoms with Crippen LogP contribution >= 0.6 is 0 Å². The molecule has 1 heterocycles. The molecule has 2 unspecified atom stereocenters. The van der Waals surface area contributed by atoms with Gasteiger partial charge in [-0.1, -0.05) is 12.2 Å². The third-order valence-corrected chi connectivity index (χ3v) is 2.10. The third kappa shape index (κ3) is 1.25. The summed E-state index contributed by atoms with van der Waals surface area (Å²) in [6, 6.07) is 2.19. The molecule has 3 heteroatoms. The van der Waals surface area contributed by atoms with Crippen molar-refractivity contribution >= 4 is 0 Å². The first-order valence-electron chi connectivity index (χ1n) is 4.05. The number of fused-ring (bicyclic) bond motifs is 1. The molecule has 0 amide bonds. The molecule has 0 aromatic heterocycles. The molecule has 0 aromatic carbocycles. The summed E-state index contributed by atoms with van der Waals surface area (Å²) in [6.07, 6.45) is 7.02. The van der Waals surface area contributed by atoms with Gasteiger partial charge in [0.25, 0.3) is 0 Å². The van der Waals surface area contributed by atoms with Gasteiger partial charge in [-0.3, -0.25) is 0 Å². The first-order valence-corrected chi connectivity index (χ1v) is 4.05. The maximum absolute atomic E-state index is 8.83. The first-order chi connectivity index (χ1) is 6.35. The van der Waals surface area contributed by atoms with E-state index in [4.69, 9.17) is 14.7 Å². The number of hydrogen-bond donors (Lipinski definition) is 0. The van der Waals surface area contributed by atoms with Crippen molar-refractivity contribution in [1.29, 1.82) is 5.26 Å². The fourth-order valence-corrected chi connectivity index (χ4v) is 1.43. The highest BCUT2D eigenvalue weighted by Gasteiger charge is 2.27. The van der Waals surface area contributed by atoms with Gasteiger partial charge in [-0.25, -0.2) is 0 Å². The average molecular weight is 175 g/mol. The normalized spacial score (nSPS) is 29.8. The SMILES string of the molecule is COC1C=C2C(=CC=CC2C#N)O1. The van der Waals surface area contributed by atoms with Crippen LogP contribution in [-0.2, 0) is 9.47 Å². The smallest absolute Gasteiger partial charge is 0.220 e. The molecule has 0 spiro atoms. The lowest BCUT2D eigenvalue weighted by Crippen LogP contribution is -2.05. The maximum atomic E-state index is 8.83. The Balaban J connectivity index is 2.31. The predicted octanol–water partition coefficient (Wildman–Crippen LogP) is 1.51. The Hall–Kier alpha value is -1.53. The zero-order valence-corrected chi connectivity index (χ0v) is 7.23. The molecule has 0 radical (unpaired) electrons. The molecule has 2 atom stereocenters. The van der Waals surface area contributed by atoms with Crippen molar-refractivity contribution < 1.29 is 9.47 Å². The fraction of sp³-hybridized carbons (Fsp3) is 0.300. The Labute approximate surface area is 76.6 Å². The summed E-state index contributed by atoms with van der Waals surface area (Å²) in [5, 5.41) is 8.83. The van der Waals surface area contributed by atoms with Gasteiger partial charge in [0.2, 0.25) is 6.29 Å². The molecule has 1 aliphatic carbocycles. The number of nitrogens with zero attached hydrogens (tertiary/aromatic N) is 1. The topological polar surface area (TPSA) is 42.2 Å². The maximum Gasteiger partial charge on any atom is 0.220 e. The van der Waals surface area contributed by atoms with E-state index in [2.05, 4.69) is 6.07 Å². The summed E-state index contributed by atoms with van der Waals surface area (Å²) in [5.74, 6) is 0.557. The second kappa shape index (κ2) is 3.08. The van der Waals surface area contributed by atoms with E-state index in [9.17, 15) is 0 Å². The van der Waals surface area contributed by atoms with E-state index in [1.807, 2.05) is 24.3 Å². The number of nitriles is 1. The number of ether oxygens (including phenoxy) is 2. The van der Waals surface area contributed by atoms with Gasteiger partial charge in [-0.05, 0) is 12.2 Å². The molecule has 0 bridgehead atoms. The molecule has 1 aliphatic heterocycles. The van der Waals surface area contributed by atoms with Gasteiger partial charge < -0.3 is 9.47 Å². The van der Waals surface area contributed by atoms with Crippen molar-refractivity contribution in [2.45, 2.75) is 6.29 Å². The lowest BCUT2D eigenvalue weighted by molar-refractivity contribution is -0.0451. The molecule has 2 rings (SSSR count). The van der Waals surface area contributed by atoms with E-state index >= 15 is 0 Å². The second-order valence-electron chi connectivity index (χ2n) is 2.87. The summed E-state index contributed by atoms with van der Waals surface area (Å²) >= 11 is 0. The number of rotatable bonds is 1. The van der Waals surface area contributed by atoms with Crippen molar-refractivity contribution in [1.82, 2.24) is 0 Å². The largest absolute Gasteiger partial charge is 0.461 e. The zero-order valence-electron chi connectivity index (χ0n) is 7.23. The highest BCUT2D eigenvalue weighted by Crippen LogP contribution is 2.32. The second-order valence-corrected chi connectivity index (χ2v) is 2.87. The summed E-state index contributed by atoms with van der Waals surface area (Å²) in [6.45, 7) is 0. The van der Waals surface area contributed by atoms with Gasteiger partial charge in [0, 0.05) is 12.7 Å². The van der Waals surface area contributed by atoms with Crippen LogP contribution in [0.2, 0.25) is 0 Å². The zero-order chi connectivity index (χ0) is 9.26. The molecule has 66 valence electrons. The molecule has 13 heavy (non-hydrogen) atoms. The van der Waals surface area contributed by atoms with E-state index in [-0.39, 0.29) is 12.2 Å². The lowest BCUT2D eigenvalue weighted by Gasteiger charge is -2.11. The van der Waals surface area contributed by atoms with Gasteiger partial charge in [-0.15, -0.1) is 0 Å². The van der Waals surface area contributed by atoms with E-state index in [0.717, 1.165) is 11.3 Å². The van der Waals surface area contributed by atoms with Crippen LogP contribution in [0, 0.1) is 17.2 Å². The molecule has 0 saturated carbocycles. The third-order valence-electron chi connectivity index (χ3n) is 2.10. The van der Waals surface area contributed by atoms with Gasteiger partial charge in [0.15, 0.2) is 0 Å². The number of methoxy groups -OCH3 is 1. The molecule has 0 aromatic rings. The molecular formula is C10H9NO2. The first kappa shape index (κ1) is 8.09. The summed E-state index contributed by atoms with van der Waals surface area (Å²) in [7, 11) is 1.58. The van der Waals surface area contributed by atoms with Crippen molar-refractivity contribution in [3.05, 3.63) is 35.6 Å². The van der Waals surface area contributed by atoms with E-state index < -0.39 is 0 Å². The van der Waals surface area contributed by atoms with Crippen LogP contribution in [0.1, 0.15) is 0 Å². The Bertz CT molecular complexity index is 346. The predicted molar refractivity (Wildman–Crippen MR) is 46.3 cm³/mol. The van der Waals surface area contributed by atoms with Crippen molar-refractivity contribution in [2.75, 3.05) is 7.11 Å². The van der Waals surface area contributed by atoms with Crippen molar-refractivity contribution in [2.24, 2.45) is 5.92 Å². The minimum atomic E-state index is -0.336. The van der Waals surface area contributed by atoms with Crippen molar-refractivity contribution in [3.8, 4) is 6.07 Å². The van der Waals surface area contributed by atoms with Gasteiger partial charge in [-0.2, -0.15) is 5.26 Å². The van der Waals surface area contributed by atoms with Crippen LogP contribution in [0.3, 0.4) is 0 Å². The van der Waals surface area contributed by atoms with Crippen LogP contribution in [0.4, 0.5) is 0 Å². The summed E-state index contributed by atoms with van der Waals surface area (Å²) in [5.41, 5.74) is 0.914. The molecule has 0 fully saturated rings. The Morgan fingerprint density at radius 1 is 1.62 bits per heavy atom. The van der Waals surface area contributed by atoms with Gasteiger partial charge in [0.05, 0.1) is 12.0 Å². The Kier molecular flexibility index (Phi) is 1.91. The van der Waals surface area contributed by atoms with E-state index in [0.29, 0.717) is 0 Å². The fourth-order valence-electron chi connectivity index (χ4n) is 1.43. The molecule has 2 aliphatic rings. The van der Waals surface area contributed by atoms with Gasteiger partial charge in [0.1, 0.15) is 5.76 Å². The van der Waals surface area contributed by atoms with Crippen LogP contribution in [0.15, 0.2) is 35.6 Å². The molecule has 0 N–H and O–H groups in total. The summed E-state index contributed by atoms with van der Waals surface area (Å²) < 4.78 is 10.4. The highest BCUT2D eigenvalue weighted by atomic mass is 16.7. The Morgan fingerprint density at radius 2 is 2.46 bits per heavy atom. The number of hydrogen-bond acceptors (Lipinski definition) is 3. The van der Waals surface area contributed by atoms with E-state index in [1.165, 1.54) is 0 Å². The van der Waals surface area contributed by atoms with Gasteiger partial charge >= 0.3 is 0 Å². The minimum Gasteiger partial charge on any atom is -0.461 e. The van der Waals surface area contributed by atoms with Crippen LogP contribution in [0.25, 0.3) is 0 Å². The van der Waals surface area contributed by atoms with E-state index in [1.54, 1.807) is 7.11 Å². The highest BCUT2D eigenvalue weighted by molar-refractivity contribution is 5.44. The molecular weight excluding hydrogens is 166 g/mol. The van der Waals surface area contributed by atoms with Crippen LogP contribution in [0.5, 0.6) is 0 Å². The molecule has 0 saturated heterocycles. The average Bonchev–Trinajstić information content (AvgIpc) is 2.59. The minimum absolute atomic E-state index is 0.194. The monoisotopic (exact) mass is 175 g/mol.